The van der Waals surface area contributed by atoms with Crippen LogP contribution in [-0.2, 0) is 0 Å². The lowest BCUT2D eigenvalue weighted by atomic mass is 9.83. The molecule has 1 rings (SSSR count). The maximum Gasteiger partial charge on any atom is 0.0678 e. The average molecular weight is 148 g/mol. The third kappa shape index (κ3) is 1.72. The van der Waals surface area contributed by atoms with Crippen molar-refractivity contribution in [1.82, 2.24) is 0 Å². The first kappa shape index (κ1) is 8.10. The maximum atomic E-state index is 8.76. The minimum Gasteiger partial charge on any atom is -0.392 e. The van der Waals surface area contributed by atoms with E-state index in [4.69, 9.17) is 11.5 Å². The topological polar surface area (TPSA) is 20.2 Å². The second-order valence-corrected chi connectivity index (χ2v) is 3.04. The van der Waals surface area contributed by atoms with E-state index in [0.717, 1.165) is 12.0 Å². The highest BCUT2D eigenvalue weighted by molar-refractivity contribution is 5.31. The SMILES string of the molecule is C#CC1(C)C=CC(CO)=CC1. The first-order valence-electron chi connectivity index (χ1n) is 3.67. The molecule has 0 heterocycles. The van der Waals surface area contributed by atoms with Gasteiger partial charge in [-0.3, -0.25) is 0 Å². The summed E-state index contributed by atoms with van der Waals surface area (Å²) in [5.41, 5.74) is 0.816. The Bertz CT molecular complexity index is 242. The Morgan fingerprint density at radius 3 is 2.91 bits per heavy atom. The summed E-state index contributed by atoms with van der Waals surface area (Å²) in [4.78, 5) is 0. The van der Waals surface area contributed by atoms with E-state index in [9.17, 15) is 0 Å². The highest BCUT2D eigenvalue weighted by Gasteiger charge is 2.18. The van der Waals surface area contributed by atoms with Crippen LogP contribution in [0.25, 0.3) is 0 Å². The molecule has 0 saturated carbocycles. The monoisotopic (exact) mass is 148 g/mol. The van der Waals surface area contributed by atoms with Crippen LogP contribution in [0.3, 0.4) is 0 Å². The molecule has 0 radical (unpaired) electrons. The van der Waals surface area contributed by atoms with Crippen molar-refractivity contribution in [2.45, 2.75) is 13.3 Å². The van der Waals surface area contributed by atoms with Crippen molar-refractivity contribution >= 4 is 0 Å². The van der Waals surface area contributed by atoms with Crippen molar-refractivity contribution < 1.29 is 5.11 Å². The minimum absolute atomic E-state index is 0.108. The van der Waals surface area contributed by atoms with Gasteiger partial charge in [0.2, 0.25) is 0 Å². The molecule has 1 aliphatic rings. The molecule has 0 fully saturated rings. The van der Waals surface area contributed by atoms with E-state index in [0.29, 0.717) is 0 Å². The standard InChI is InChI=1S/C10H12O/c1-3-10(2)6-4-9(8-11)5-7-10/h1,4-6,11H,7-8H2,2H3. The molecule has 0 aromatic carbocycles. The van der Waals surface area contributed by atoms with Crippen LogP contribution in [0.4, 0.5) is 0 Å². The predicted molar refractivity (Wildman–Crippen MR) is 45.9 cm³/mol. The van der Waals surface area contributed by atoms with Gasteiger partial charge in [0.1, 0.15) is 0 Å². The van der Waals surface area contributed by atoms with Crippen LogP contribution in [0.5, 0.6) is 0 Å². The number of aliphatic hydroxyl groups excluding tert-OH is 1. The van der Waals surface area contributed by atoms with Crippen molar-refractivity contribution in [1.29, 1.82) is 0 Å². The highest BCUT2D eigenvalue weighted by Crippen LogP contribution is 2.27. The summed E-state index contributed by atoms with van der Waals surface area (Å²) in [6.45, 7) is 2.12. The number of terminal acetylenes is 1. The average Bonchev–Trinajstić information content (AvgIpc) is 2.06. The van der Waals surface area contributed by atoms with Gasteiger partial charge in [-0.15, -0.1) is 6.42 Å². The molecular formula is C10H12O. The van der Waals surface area contributed by atoms with Crippen molar-refractivity contribution in [2.24, 2.45) is 5.41 Å². The summed E-state index contributed by atoms with van der Waals surface area (Å²) in [6.07, 6.45) is 12.0. The van der Waals surface area contributed by atoms with E-state index >= 15 is 0 Å². The minimum atomic E-state index is -0.140. The fourth-order valence-electron chi connectivity index (χ4n) is 0.994. The molecule has 1 N–H and O–H groups in total. The Labute approximate surface area is 67.4 Å². The third-order valence-electron chi connectivity index (χ3n) is 1.97. The van der Waals surface area contributed by atoms with Crippen LogP contribution >= 0.6 is 0 Å². The summed E-state index contributed by atoms with van der Waals surface area (Å²) >= 11 is 0. The smallest absolute Gasteiger partial charge is 0.0678 e. The largest absolute Gasteiger partial charge is 0.392 e. The Balaban J connectivity index is 2.73. The van der Waals surface area contributed by atoms with E-state index in [2.05, 4.69) is 5.92 Å². The van der Waals surface area contributed by atoms with Gasteiger partial charge in [0.15, 0.2) is 0 Å². The van der Waals surface area contributed by atoms with Crippen LogP contribution in [-0.4, -0.2) is 11.7 Å². The lowest BCUT2D eigenvalue weighted by Gasteiger charge is -2.20. The highest BCUT2D eigenvalue weighted by atomic mass is 16.3. The second-order valence-electron chi connectivity index (χ2n) is 3.04. The summed E-state index contributed by atoms with van der Waals surface area (Å²) in [5.74, 6) is 2.71. The Kier molecular flexibility index (Phi) is 2.16. The first-order valence-corrected chi connectivity index (χ1v) is 3.67. The van der Waals surface area contributed by atoms with Crippen molar-refractivity contribution in [3.63, 3.8) is 0 Å². The maximum absolute atomic E-state index is 8.76. The molecule has 0 aliphatic heterocycles. The van der Waals surface area contributed by atoms with Gasteiger partial charge in [-0.2, -0.15) is 0 Å². The van der Waals surface area contributed by atoms with E-state index in [-0.39, 0.29) is 12.0 Å². The second kappa shape index (κ2) is 2.94. The van der Waals surface area contributed by atoms with E-state index < -0.39 is 0 Å². The molecule has 0 spiro atoms. The van der Waals surface area contributed by atoms with Gasteiger partial charge in [-0.25, -0.2) is 0 Å². The first-order chi connectivity index (χ1) is 5.20. The molecule has 0 saturated heterocycles. The van der Waals surface area contributed by atoms with Gasteiger partial charge in [0, 0.05) is 0 Å². The summed E-state index contributed by atoms with van der Waals surface area (Å²) in [6, 6.07) is 0. The molecule has 1 nitrogen and oxygen atoms in total. The molecule has 1 heteroatoms. The fourth-order valence-corrected chi connectivity index (χ4v) is 0.994. The third-order valence-corrected chi connectivity index (χ3v) is 1.97. The van der Waals surface area contributed by atoms with Crippen molar-refractivity contribution in [2.75, 3.05) is 6.61 Å². The molecule has 0 bridgehead atoms. The quantitative estimate of drug-likeness (QED) is 0.559. The fraction of sp³-hybridized carbons (Fsp3) is 0.400. The lowest BCUT2D eigenvalue weighted by Crippen LogP contribution is -2.12. The molecular weight excluding hydrogens is 136 g/mol. The number of rotatable bonds is 1. The van der Waals surface area contributed by atoms with Gasteiger partial charge in [-0.1, -0.05) is 24.1 Å². The van der Waals surface area contributed by atoms with E-state index in [1.54, 1.807) is 0 Å². The molecule has 1 aliphatic carbocycles. The van der Waals surface area contributed by atoms with E-state index in [1.165, 1.54) is 0 Å². The van der Waals surface area contributed by atoms with Gasteiger partial charge in [0.25, 0.3) is 0 Å². The van der Waals surface area contributed by atoms with Gasteiger partial charge >= 0.3 is 0 Å². The van der Waals surface area contributed by atoms with Crippen LogP contribution in [0, 0.1) is 17.8 Å². The lowest BCUT2D eigenvalue weighted by molar-refractivity contribution is 0.333. The normalized spacial score (nSPS) is 29.4. The van der Waals surface area contributed by atoms with Crippen molar-refractivity contribution in [3.05, 3.63) is 23.8 Å². The van der Waals surface area contributed by atoms with E-state index in [1.807, 2.05) is 25.2 Å². The summed E-state index contributed by atoms with van der Waals surface area (Å²) in [5, 5.41) is 8.76. The Morgan fingerprint density at radius 2 is 2.55 bits per heavy atom. The van der Waals surface area contributed by atoms with Gasteiger partial charge in [-0.05, 0) is 18.9 Å². The molecule has 1 unspecified atom stereocenters. The van der Waals surface area contributed by atoms with Crippen LogP contribution in [0.15, 0.2) is 23.8 Å². The summed E-state index contributed by atoms with van der Waals surface area (Å²) in [7, 11) is 0. The zero-order chi connectivity index (χ0) is 8.32. The number of allylic oxidation sites excluding steroid dienone is 2. The molecule has 58 valence electrons. The van der Waals surface area contributed by atoms with Crippen LogP contribution in [0.2, 0.25) is 0 Å². The van der Waals surface area contributed by atoms with Crippen molar-refractivity contribution in [3.8, 4) is 12.3 Å². The molecule has 11 heavy (non-hydrogen) atoms. The zero-order valence-electron chi connectivity index (χ0n) is 6.67. The molecule has 0 aromatic heterocycles. The van der Waals surface area contributed by atoms with Crippen LogP contribution < -0.4 is 0 Å². The number of hydrogen-bond donors (Lipinski definition) is 1. The Morgan fingerprint density at radius 1 is 1.82 bits per heavy atom. The summed E-state index contributed by atoms with van der Waals surface area (Å²) < 4.78 is 0. The van der Waals surface area contributed by atoms with Crippen LogP contribution in [0.1, 0.15) is 13.3 Å². The number of hydrogen-bond acceptors (Lipinski definition) is 1. The zero-order valence-corrected chi connectivity index (χ0v) is 6.67. The predicted octanol–water partition coefficient (Wildman–Crippen LogP) is 1.50. The molecule has 0 aromatic rings. The molecule has 1 atom stereocenters. The number of aliphatic hydroxyl groups is 1. The van der Waals surface area contributed by atoms with Gasteiger partial charge in [0.05, 0.1) is 12.0 Å². The van der Waals surface area contributed by atoms with Gasteiger partial charge < -0.3 is 5.11 Å². The molecule has 0 amide bonds. The Hall–Kier alpha value is -1.00.